The van der Waals surface area contributed by atoms with Gasteiger partial charge in [0.05, 0.1) is 0 Å². The van der Waals surface area contributed by atoms with Gasteiger partial charge in [-0.25, -0.2) is 0 Å². The third-order valence-corrected chi connectivity index (χ3v) is 6.66. The highest BCUT2D eigenvalue weighted by Gasteiger charge is 2.42. The van der Waals surface area contributed by atoms with E-state index in [4.69, 9.17) is 5.73 Å². The molecule has 3 N–H and O–H groups in total. The molecule has 4 heteroatoms. The van der Waals surface area contributed by atoms with Gasteiger partial charge in [-0.05, 0) is 52.6 Å². The Labute approximate surface area is 184 Å². The first-order chi connectivity index (χ1) is 14.2. The topological polar surface area (TPSA) is 55.1 Å². The second-order valence-corrected chi connectivity index (χ2v) is 8.29. The molecular formula is C26H27ClN2O. The molecule has 0 heterocycles. The van der Waals surface area contributed by atoms with Crippen molar-refractivity contribution in [2.75, 3.05) is 12.3 Å². The van der Waals surface area contributed by atoms with Gasteiger partial charge in [-0.3, -0.25) is 4.79 Å². The van der Waals surface area contributed by atoms with E-state index in [1.165, 1.54) is 22.3 Å². The summed E-state index contributed by atoms with van der Waals surface area (Å²) < 4.78 is 0. The SMILES string of the molecule is Cl.Nc1ccccc1CCC(=O)NCC1CC2c3ccccc3C1c1ccccc12. The zero-order valence-electron chi connectivity index (χ0n) is 16.9. The van der Waals surface area contributed by atoms with Crippen molar-refractivity contribution in [2.45, 2.75) is 31.1 Å². The van der Waals surface area contributed by atoms with Crippen LogP contribution in [0.15, 0.2) is 72.8 Å². The number of carbonyl (C=O) groups is 1. The Morgan fingerprint density at radius 1 is 0.867 bits per heavy atom. The molecule has 0 saturated carbocycles. The number of fused-ring (bicyclic) bond motifs is 1. The first-order valence-electron chi connectivity index (χ1n) is 10.5. The van der Waals surface area contributed by atoms with Gasteiger partial charge in [-0.2, -0.15) is 0 Å². The number of anilines is 1. The van der Waals surface area contributed by atoms with E-state index in [0.29, 0.717) is 30.6 Å². The molecule has 2 bridgehead atoms. The molecule has 1 unspecified atom stereocenters. The molecule has 3 aliphatic rings. The van der Waals surface area contributed by atoms with Crippen molar-refractivity contribution in [3.05, 3.63) is 101 Å². The van der Waals surface area contributed by atoms with Crippen molar-refractivity contribution in [3.63, 3.8) is 0 Å². The summed E-state index contributed by atoms with van der Waals surface area (Å²) in [4.78, 5) is 12.5. The standard InChI is InChI=1S/C26H26N2O.ClH/c27-24-12-6-1-7-17(24)13-14-25(29)28-16-18-15-23-19-8-2-4-10-21(19)26(18)22-11-5-3-9-20(22)23;/h1-12,18,23,26H,13-16,27H2,(H,28,29);1H. The number of carbonyl (C=O) groups excluding carboxylic acids is 1. The summed E-state index contributed by atoms with van der Waals surface area (Å²) in [5.41, 5.74) is 13.6. The fourth-order valence-corrected chi connectivity index (χ4v) is 5.30. The Morgan fingerprint density at radius 2 is 1.43 bits per heavy atom. The summed E-state index contributed by atoms with van der Waals surface area (Å²) >= 11 is 0. The number of nitrogen functional groups attached to an aromatic ring is 1. The second kappa shape index (κ2) is 8.53. The first-order valence-corrected chi connectivity index (χ1v) is 10.5. The lowest BCUT2D eigenvalue weighted by Gasteiger charge is -2.45. The molecule has 3 nitrogen and oxygen atoms in total. The predicted molar refractivity (Wildman–Crippen MR) is 124 cm³/mol. The van der Waals surface area contributed by atoms with Crippen molar-refractivity contribution >= 4 is 24.0 Å². The minimum atomic E-state index is 0. The van der Waals surface area contributed by atoms with Crippen molar-refractivity contribution in [2.24, 2.45) is 5.92 Å². The van der Waals surface area contributed by atoms with Gasteiger partial charge in [0.25, 0.3) is 0 Å². The molecule has 1 atom stereocenters. The second-order valence-electron chi connectivity index (χ2n) is 8.29. The van der Waals surface area contributed by atoms with Crippen molar-refractivity contribution in [3.8, 4) is 0 Å². The maximum Gasteiger partial charge on any atom is 0.220 e. The largest absolute Gasteiger partial charge is 0.399 e. The molecule has 3 aliphatic carbocycles. The minimum absolute atomic E-state index is 0. The van der Waals surface area contributed by atoms with Crippen molar-refractivity contribution in [1.29, 1.82) is 0 Å². The molecule has 0 radical (unpaired) electrons. The molecule has 3 aromatic carbocycles. The number of nitrogens with two attached hydrogens (primary N) is 1. The number of para-hydroxylation sites is 1. The number of aryl methyl sites for hydroxylation is 1. The molecule has 0 fully saturated rings. The summed E-state index contributed by atoms with van der Waals surface area (Å²) in [6.45, 7) is 0.729. The summed E-state index contributed by atoms with van der Waals surface area (Å²) in [7, 11) is 0. The normalized spacial score (nSPS) is 20.6. The minimum Gasteiger partial charge on any atom is -0.399 e. The number of hydrogen-bond acceptors (Lipinski definition) is 2. The molecule has 154 valence electrons. The zero-order valence-corrected chi connectivity index (χ0v) is 17.7. The van der Waals surface area contributed by atoms with Gasteiger partial charge in [-0.15, -0.1) is 12.4 Å². The van der Waals surface area contributed by atoms with Gasteiger partial charge in [0.1, 0.15) is 0 Å². The number of hydrogen-bond donors (Lipinski definition) is 2. The van der Waals surface area contributed by atoms with Crippen LogP contribution in [-0.2, 0) is 11.2 Å². The molecule has 0 spiro atoms. The van der Waals surface area contributed by atoms with Crippen LogP contribution in [0.4, 0.5) is 5.69 Å². The van der Waals surface area contributed by atoms with Gasteiger partial charge in [0.2, 0.25) is 5.91 Å². The maximum absolute atomic E-state index is 12.5. The van der Waals surface area contributed by atoms with Gasteiger partial charge in [0, 0.05) is 30.5 Å². The van der Waals surface area contributed by atoms with Gasteiger partial charge < -0.3 is 11.1 Å². The highest BCUT2D eigenvalue weighted by molar-refractivity contribution is 5.85. The highest BCUT2D eigenvalue weighted by Crippen LogP contribution is 2.55. The van der Waals surface area contributed by atoms with Gasteiger partial charge >= 0.3 is 0 Å². The van der Waals surface area contributed by atoms with E-state index in [1.807, 2.05) is 24.3 Å². The molecule has 30 heavy (non-hydrogen) atoms. The number of nitrogens with one attached hydrogen (secondary N) is 1. The average Bonchev–Trinajstić information content (AvgIpc) is 2.77. The van der Waals surface area contributed by atoms with E-state index in [0.717, 1.165) is 24.2 Å². The summed E-state index contributed by atoms with van der Waals surface area (Å²) in [5.74, 6) is 1.36. The van der Waals surface area contributed by atoms with Crippen LogP contribution in [0.3, 0.4) is 0 Å². The van der Waals surface area contributed by atoms with Crippen LogP contribution in [0.25, 0.3) is 0 Å². The van der Waals surface area contributed by atoms with Crippen LogP contribution in [0.5, 0.6) is 0 Å². The Hall–Kier alpha value is -2.78. The molecule has 0 aliphatic heterocycles. The lowest BCUT2D eigenvalue weighted by molar-refractivity contribution is -0.121. The summed E-state index contributed by atoms with van der Waals surface area (Å²) in [6, 6.07) is 25.5. The van der Waals surface area contributed by atoms with E-state index < -0.39 is 0 Å². The van der Waals surface area contributed by atoms with E-state index >= 15 is 0 Å². The Balaban J connectivity index is 0.00000218. The maximum atomic E-state index is 12.5. The fraction of sp³-hybridized carbons (Fsp3) is 0.269. The monoisotopic (exact) mass is 418 g/mol. The Morgan fingerprint density at radius 3 is 2.07 bits per heavy atom. The number of amides is 1. The summed E-state index contributed by atoms with van der Waals surface area (Å²) in [5, 5.41) is 3.21. The molecule has 3 aromatic rings. The lowest BCUT2D eigenvalue weighted by atomic mass is 9.59. The zero-order chi connectivity index (χ0) is 19.8. The van der Waals surface area contributed by atoms with Crippen LogP contribution < -0.4 is 11.1 Å². The average molecular weight is 419 g/mol. The molecular weight excluding hydrogens is 392 g/mol. The van der Waals surface area contributed by atoms with Crippen LogP contribution in [0.1, 0.15) is 52.5 Å². The molecule has 0 aromatic heterocycles. The van der Waals surface area contributed by atoms with Crippen molar-refractivity contribution < 1.29 is 4.79 Å². The fourth-order valence-electron chi connectivity index (χ4n) is 5.30. The van der Waals surface area contributed by atoms with Gasteiger partial charge in [-0.1, -0.05) is 66.7 Å². The van der Waals surface area contributed by atoms with Gasteiger partial charge in [0.15, 0.2) is 0 Å². The predicted octanol–water partition coefficient (Wildman–Crippen LogP) is 5.04. The molecule has 6 rings (SSSR count). The van der Waals surface area contributed by atoms with E-state index in [-0.39, 0.29) is 18.3 Å². The van der Waals surface area contributed by atoms with Crippen molar-refractivity contribution in [1.82, 2.24) is 5.32 Å². The first kappa shape index (κ1) is 20.5. The third kappa shape index (κ3) is 3.59. The van der Waals surface area contributed by atoms with Crippen LogP contribution in [0, 0.1) is 5.92 Å². The van der Waals surface area contributed by atoms with Crippen LogP contribution in [-0.4, -0.2) is 12.5 Å². The van der Waals surface area contributed by atoms with E-state index in [1.54, 1.807) is 0 Å². The lowest BCUT2D eigenvalue weighted by Crippen LogP contribution is -2.39. The van der Waals surface area contributed by atoms with E-state index in [9.17, 15) is 4.79 Å². The Kier molecular flexibility index (Phi) is 5.83. The summed E-state index contributed by atoms with van der Waals surface area (Å²) in [6.07, 6.45) is 2.26. The molecule has 1 amide bonds. The number of benzene rings is 3. The quantitative estimate of drug-likeness (QED) is 0.570. The Bertz CT molecular complexity index is 1020. The molecule has 0 saturated heterocycles. The van der Waals surface area contributed by atoms with E-state index in [2.05, 4.69) is 53.8 Å². The highest BCUT2D eigenvalue weighted by atomic mass is 35.5. The van der Waals surface area contributed by atoms with Crippen LogP contribution in [0.2, 0.25) is 0 Å². The number of rotatable bonds is 5. The number of halogens is 1. The third-order valence-electron chi connectivity index (χ3n) is 6.66. The smallest absolute Gasteiger partial charge is 0.220 e. The van der Waals surface area contributed by atoms with Crippen LogP contribution >= 0.6 is 12.4 Å².